The minimum atomic E-state index is 0.693. The zero-order valence-electron chi connectivity index (χ0n) is 19.3. The second kappa shape index (κ2) is 9.24. The molecule has 0 saturated heterocycles. The molecule has 34 heavy (non-hydrogen) atoms. The lowest BCUT2D eigenvalue weighted by Gasteiger charge is -2.11. The quantitative estimate of drug-likeness (QED) is 0.291. The average molecular weight is 449 g/mol. The summed E-state index contributed by atoms with van der Waals surface area (Å²) in [6.45, 7) is 0. The van der Waals surface area contributed by atoms with E-state index in [0.717, 1.165) is 50.2 Å². The van der Waals surface area contributed by atoms with Gasteiger partial charge in [-0.15, -0.1) is 0 Å². The molecule has 0 N–H and O–H groups in total. The van der Waals surface area contributed by atoms with E-state index in [1.807, 2.05) is 36.4 Å². The van der Waals surface area contributed by atoms with E-state index < -0.39 is 0 Å². The van der Waals surface area contributed by atoms with Gasteiger partial charge in [-0.2, -0.15) is 0 Å². The van der Waals surface area contributed by atoms with Gasteiger partial charge in [0.05, 0.1) is 32.5 Å². The number of hydrogen-bond acceptors (Lipinski definition) is 5. The molecule has 0 radical (unpaired) electrons. The molecule has 0 fully saturated rings. The van der Waals surface area contributed by atoms with Crippen molar-refractivity contribution >= 4 is 10.9 Å². The first-order valence-corrected chi connectivity index (χ1v) is 10.9. The highest BCUT2D eigenvalue weighted by Gasteiger charge is 2.11. The van der Waals surface area contributed by atoms with Gasteiger partial charge in [0.25, 0.3) is 0 Å². The van der Waals surface area contributed by atoms with Crippen LogP contribution < -0.4 is 14.2 Å². The summed E-state index contributed by atoms with van der Waals surface area (Å²) in [6.07, 6.45) is 1.62. The fourth-order valence-corrected chi connectivity index (χ4v) is 4.09. The Morgan fingerprint density at radius 1 is 0.500 bits per heavy atom. The van der Waals surface area contributed by atoms with Crippen LogP contribution in [0.4, 0.5) is 0 Å². The van der Waals surface area contributed by atoms with Gasteiger partial charge in [0.15, 0.2) is 11.5 Å². The van der Waals surface area contributed by atoms with Crippen molar-refractivity contribution in [3.63, 3.8) is 0 Å². The Balaban J connectivity index is 1.54. The van der Waals surface area contributed by atoms with Crippen molar-refractivity contribution in [3.05, 3.63) is 91.3 Å². The van der Waals surface area contributed by atoms with Crippen molar-refractivity contribution in [2.45, 2.75) is 0 Å². The molecule has 1 aromatic heterocycles. The Labute approximate surface area is 198 Å². The molecular weight excluding hydrogens is 424 g/mol. The molecule has 0 aliphatic carbocycles. The molecular formula is C29H24N2O3. The Bertz CT molecular complexity index is 1450. The van der Waals surface area contributed by atoms with Crippen molar-refractivity contribution < 1.29 is 14.2 Å². The van der Waals surface area contributed by atoms with E-state index in [1.54, 1.807) is 27.7 Å². The fourth-order valence-electron chi connectivity index (χ4n) is 4.09. The van der Waals surface area contributed by atoms with Crippen LogP contribution in [0.3, 0.4) is 0 Å². The SMILES string of the molecule is COc1ccc(-c2ccc(-c3ncnc4ccc(-c5ccc(OC)c(OC)c5)cc34)cc2)cc1. The molecule has 0 aliphatic heterocycles. The number of ether oxygens (including phenoxy) is 3. The van der Waals surface area contributed by atoms with Crippen LogP contribution in [0.2, 0.25) is 0 Å². The van der Waals surface area contributed by atoms with Crippen LogP contribution in [0.15, 0.2) is 91.3 Å². The fraction of sp³-hybridized carbons (Fsp3) is 0.103. The second-order valence-electron chi connectivity index (χ2n) is 7.83. The average Bonchev–Trinajstić information content (AvgIpc) is 2.92. The summed E-state index contributed by atoms with van der Waals surface area (Å²) < 4.78 is 16.1. The monoisotopic (exact) mass is 448 g/mol. The standard InChI is InChI=1S/C29H24N2O3/c1-32-24-12-8-20(9-13-24)19-4-6-21(7-5-19)29-25-16-22(10-14-26(25)30-18-31-29)23-11-15-27(33-2)28(17-23)34-3/h4-18H,1-3H3. The van der Waals surface area contributed by atoms with Gasteiger partial charge in [0.1, 0.15) is 12.1 Å². The highest BCUT2D eigenvalue weighted by molar-refractivity contribution is 5.95. The van der Waals surface area contributed by atoms with E-state index in [2.05, 4.69) is 58.5 Å². The molecule has 5 rings (SSSR count). The molecule has 0 spiro atoms. The van der Waals surface area contributed by atoms with Gasteiger partial charge in [0, 0.05) is 10.9 Å². The lowest BCUT2D eigenvalue weighted by atomic mass is 9.98. The number of rotatable bonds is 6. The molecule has 1 heterocycles. The predicted octanol–water partition coefficient (Wildman–Crippen LogP) is 6.66. The number of benzene rings is 4. The second-order valence-corrected chi connectivity index (χ2v) is 7.83. The topological polar surface area (TPSA) is 53.5 Å². The van der Waals surface area contributed by atoms with Gasteiger partial charge in [-0.25, -0.2) is 9.97 Å². The molecule has 0 bridgehead atoms. The summed E-state index contributed by atoms with van der Waals surface area (Å²) >= 11 is 0. The summed E-state index contributed by atoms with van der Waals surface area (Å²) in [5.41, 5.74) is 7.19. The zero-order chi connectivity index (χ0) is 23.5. The van der Waals surface area contributed by atoms with E-state index in [1.165, 1.54) is 0 Å². The number of aromatic nitrogens is 2. The van der Waals surface area contributed by atoms with Crippen molar-refractivity contribution in [3.8, 4) is 50.8 Å². The first kappa shape index (κ1) is 21.5. The third kappa shape index (κ3) is 4.04. The molecule has 0 atom stereocenters. The molecule has 0 saturated carbocycles. The number of methoxy groups -OCH3 is 3. The maximum atomic E-state index is 5.48. The summed E-state index contributed by atoms with van der Waals surface area (Å²) in [4.78, 5) is 9.10. The summed E-state index contributed by atoms with van der Waals surface area (Å²) in [5, 5.41) is 0.993. The van der Waals surface area contributed by atoms with Gasteiger partial charge in [0.2, 0.25) is 0 Å². The molecule has 168 valence electrons. The Morgan fingerprint density at radius 2 is 1.09 bits per heavy atom. The van der Waals surface area contributed by atoms with Crippen LogP contribution in [0, 0.1) is 0 Å². The third-order valence-electron chi connectivity index (χ3n) is 5.93. The zero-order valence-corrected chi connectivity index (χ0v) is 19.3. The van der Waals surface area contributed by atoms with Crippen LogP contribution >= 0.6 is 0 Å². The maximum absolute atomic E-state index is 5.48. The Hall–Kier alpha value is -4.38. The maximum Gasteiger partial charge on any atom is 0.161 e. The van der Waals surface area contributed by atoms with Crippen molar-refractivity contribution in [2.75, 3.05) is 21.3 Å². The van der Waals surface area contributed by atoms with Crippen molar-refractivity contribution in [2.24, 2.45) is 0 Å². The molecule has 5 heteroatoms. The number of fused-ring (bicyclic) bond motifs is 1. The molecule has 5 aromatic rings. The highest BCUT2D eigenvalue weighted by Crippen LogP contribution is 2.35. The smallest absolute Gasteiger partial charge is 0.161 e. The predicted molar refractivity (Wildman–Crippen MR) is 136 cm³/mol. The molecule has 5 nitrogen and oxygen atoms in total. The largest absolute Gasteiger partial charge is 0.497 e. The third-order valence-corrected chi connectivity index (χ3v) is 5.93. The first-order chi connectivity index (χ1) is 16.7. The van der Waals surface area contributed by atoms with Crippen LogP contribution in [-0.2, 0) is 0 Å². The van der Waals surface area contributed by atoms with Crippen molar-refractivity contribution in [1.82, 2.24) is 9.97 Å². The summed E-state index contributed by atoms with van der Waals surface area (Å²) in [7, 11) is 4.95. The van der Waals surface area contributed by atoms with Gasteiger partial charge < -0.3 is 14.2 Å². The van der Waals surface area contributed by atoms with E-state index in [9.17, 15) is 0 Å². The lowest BCUT2D eigenvalue weighted by molar-refractivity contribution is 0.355. The summed E-state index contributed by atoms with van der Waals surface area (Å²) in [5.74, 6) is 2.24. The minimum Gasteiger partial charge on any atom is -0.497 e. The van der Waals surface area contributed by atoms with Crippen molar-refractivity contribution in [1.29, 1.82) is 0 Å². The van der Waals surface area contributed by atoms with Gasteiger partial charge in [-0.05, 0) is 58.7 Å². The van der Waals surface area contributed by atoms with E-state index in [0.29, 0.717) is 11.5 Å². The highest BCUT2D eigenvalue weighted by atomic mass is 16.5. The van der Waals surface area contributed by atoms with E-state index in [4.69, 9.17) is 14.2 Å². The lowest BCUT2D eigenvalue weighted by Crippen LogP contribution is -1.92. The molecule has 4 aromatic carbocycles. The first-order valence-electron chi connectivity index (χ1n) is 10.9. The van der Waals surface area contributed by atoms with Gasteiger partial charge in [-0.1, -0.05) is 48.5 Å². The van der Waals surface area contributed by atoms with Gasteiger partial charge >= 0.3 is 0 Å². The van der Waals surface area contributed by atoms with Gasteiger partial charge in [-0.3, -0.25) is 0 Å². The van der Waals surface area contributed by atoms with Crippen LogP contribution in [-0.4, -0.2) is 31.3 Å². The Morgan fingerprint density at radius 3 is 1.76 bits per heavy atom. The summed E-state index contributed by atoms with van der Waals surface area (Å²) in [6, 6.07) is 28.6. The van der Waals surface area contributed by atoms with E-state index in [-0.39, 0.29) is 0 Å². The molecule has 0 unspecified atom stereocenters. The number of hydrogen-bond donors (Lipinski definition) is 0. The van der Waals surface area contributed by atoms with Crippen LogP contribution in [0.25, 0.3) is 44.4 Å². The molecule has 0 amide bonds. The van der Waals surface area contributed by atoms with Crippen LogP contribution in [0.5, 0.6) is 17.2 Å². The normalized spacial score (nSPS) is 10.8. The number of nitrogens with zero attached hydrogens (tertiary/aromatic N) is 2. The van der Waals surface area contributed by atoms with Crippen LogP contribution in [0.1, 0.15) is 0 Å². The van der Waals surface area contributed by atoms with E-state index >= 15 is 0 Å². The minimum absolute atomic E-state index is 0.693. The molecule has 0 aliphatic rings. The Kier molecular flexibility index (Phi) is 5.83.